The zero-order valence-corrected chi connectivity index (χ0v) is 15.5. The van der Waals surface area contributed by atoms with Gasteiger partial charge in [-0.15, -0.1) is 0 Å². The molecule has 4 heteroatoms. The van der Waals surface area contributed by atoms with Crippen molar-refractivity contribution >= 4 is 38.9 Å². The number of carbonyl (C=O) groups excluding carboxylic acids is 2. The molecule has 136 valence electrons. The first-order chi connectivity index (χ1) is 13.6. The Morgan fingerprint density at radius 2 is 1.61 bits per heavy atom. The topological polar surface area (TPSA) is 46.6 Å². The van der Waals surface area contributed by atoms with E-state index in [1.54, 1.807) is 43.3 Å². The van der Waals surface area contributed by atoms with E-state index in [1.807, 2.05) is 42.5 Å². The molecule has 1 amide bonds. The van der Waals surface area contributed by atoms with Gasteiger partial charge in [0.1, 0.15) is 5.75 Å². The van der Waals surface area contributed by atoms with Crippen molar-refractivity contribution in [1.29, 1.82) is 0 Å². The van der Waals surface area contributed by atoms with Crippen molar-refractivity contribution in [1.82, 2.24) is 0 Å². The molecule has 0 N–H and O–H groups in total. The van der Waals surface area contributed by atoms with Gasteiger partial charge in [-0.2, -0.15) is 0 Å². The van der Waals surface area contributed by atoms with E-state index >= 15 is 0 Å². The van der Waals surface area contributed by atoms with Gasteiger partial charge in [-0.25, -0.2) is 0 Å². The molecule has 0 unspecified atom stereocenters. The van der Waals surface area contributed by atoms with Gasteiger partial charge in [0.15, 0.2) is 5.78 Å². The number of ether oxygens (including phenoxy) is 1. The molecule has 28 heavy (non-hydrogen) atoms. The summed E-state index contributed by atoms with van der Waals surface area (Å²) in [7, 11) is 3.32. The number of methoxy groups -OCH3 is 1. The number of hydrogen-bond acceptors (Lipinski definition) is 3. The smallest absolute Gasteiger partial charge is 0.259 e. The van der Waals surface area contributed by atoms with Gasteiger partial charge < -0.3 is 9.64 Å². The number of amides is 1. The molecule has 0 spiro atoms. The van der Waals surface area contributed by atoms with E-state index in [0.717, 1.165) is 27.2 Å². The number of anilines is 1. The first kappa shape index (κ1) is 16.5. The molecule has 1 aliphatic rings. The van der Waals surface area contributed by atoms with Crippen molar-refractivity contribution in [2.75, 3.05) is 19.1 Å². The van der Waals surface area contributed by atoms with Crippen LogP contribution in [-0.4, -0.2) is 25.8 Å². The van der Waals surface area contributed by atoms with Gasteiger partial charge in [-0.3, -0.25) is 9.59 Å². The molecular formula is C24H17NO3. The van der Waals surface area contributed by atoms with Crippen LogP contribution in [0, 0.1) is 0 Å². The highest BCUT2D eigenvalue weighted by molar-refractivity contribution is 6.36. The normalized spacial score (nSPS) is 12.8. The maximum atomic E-state index is 13.6. The molecule has 1 heterocycles. The van der Waals surface area contributed by atoms with Crippen LogP contribution in [0.2, 0.25) is 0 Å². The Labute approximate surface area is 162 Å². The minimum atomic E-state index is -0.176. The molecule has 4 aromatic rings. The van der Waals surface area contributed by atoms with Gasteiger partial charge >= 0.3 is 0 Å². The number of benzene rings is 4. The molecule has 4 nitrogen and oxygen atoms in total. The number of rotatable bonds is 3. The quantitative estimate of drug-likeness (QED) is 0.385. The van der Waals surface area contributed by atoms with E-state index in [4.69, 9.17) is 4.74 Å². The fraction of sp³-hybridized carbons (Fsp3) is 0.0833. The van der Waals surface area contributed by atoms with Crippen molar-refractivity contribution in [3.8, 4) is 5.75 Å². The molecule has 0 aromatic heterocycles. The van der Waals surface area contributed by atoms with Crippen LogP contribution in [0.3, 0.4) is 0 Å². The van der Waals surface area contributed by atoms with Crippen molar-refractivity contribution < 1.29 is 14.3 Å². The minimum Gasteiger partial charge on any atom is -0.497 e. The lowest BCUT2D eigenvalue weighted by Crippen LogP contribution is -2.22. The van der Waals surface area contributed by atoms with Crippen molar-refractivity contribution in [2.24, 2.45) is 0 Å². The third kappa shape index (κ3) is 2.12. The highest BCUT2D eigenvalue weighted by Crippen LogP contribution is 2.43. The lowest BCUT2D eigenvalue weighted by Gasteiger charge is -2.13. The highest BCUT2D eigenvalue weighted by atomic mass is 16.5. The number of hydrogen-bond donors (Lipinski definition) is 0. The Balaban J connectivity index is 1.92. The second-order valence-corrected chi connectivity index (χ2v) is 6.92. The van der Waals surface area contributed by atoms with Crippen LogP contribution < -0.4 is 9.64 Å². The van der Waals surface area contributed by atoms with E-state index < -0.39 is 0 Å². The van der Waals surface area contributed by atoms with Crippen molar-refractivity contribution in [3.63, 3.8) is 0 Å². The lowest BCUT2D eigenvalue weighted by atomic mass is 9.88. The molecule has 0 atom stereocenters. The zero-order chi connectivity index (χ0) is 19.4. The van der Waals surface area contributed by atoms with Crippen molar-refractivity contribution in [3.05, 3.63) is 83.4 Å². The third-order valence-electron chi connectivity index (χ3n) is 5.47. The monoisotopic (exact) mass is 367 g/mol. The number of carbonyl (C=O) groups is 2. The van der Waals surface area contributed by atoms with E-state index in [-0.39, 0.29) is 11.7 Å². The Hall–Kier alpha value is -3.66. The van der Waals surface area contributed by atoms with Crippen molar-refractivity contribution in [2.45, 2.75) is 0 Å². The van der Waals surface area contributed by atoms with Gasteiger partial charge in [-0.1, -0.05) is 48.5 Å². The average Bonchev–Trinajstić information content (AvgIpc) is 3.00. The summed E-state index contributed by atoms with van der Waals surface area (Å²) in [5.41, 5.74) is 2.28. The first-order valence-corrected chi connectivity index (χ1v) is 9.06. The lowest BCUT2D eigenvalue weighted by molar-refractivity contribution is 0.0982. The predicted octanol–water partition coefficient (Wildman–Crippen LogP) is 4.82. The van der Waals surface area contributed by atoms with Crippen LogP contribution in [0.15, 0.2) is 66.7 Å². The van der Waals surface area contributed by atoms with E-state index in [0.29, 0.717) is 22.4 Å². The van der Waals surface area contributed by atoms with Crippen LogP contribution in [-0.2, 0) is 0 Å². The zero-order valence-electron chi connectivity index (χ0n) is 15.5. The van der Waals surface area contributed by atoms with Gasteiger partial charge in [0, 0.05) is 23.6 Å². The van der Waals surface area contributed by atoms with Crippen LogP contribution in [0.25, 0.3) is 21.5 Å². The van der Waals surface area contributed by atoms with Crippen LogP contribution in [0.1, 0.15) is 26.3 Å². The van der Waals surface area contributed by atoms with E-state index in [2.05, 4.69) is 0 Å². The first-order valence-electron chi connectivity index (χ1n) is 9.06. The SMILES string of the molecule is COc1cccc(C(=O)c2c3c4c(cccc4c4ccccc24)N(C)C3=O)c1. The third-order valence-corrected chi connectivity index (χ3v) is 5.47. The molecule has 5 rings (SSSR count). The molecule has 0 radical (unpaired) electrons. The summed E-state index contributed by atoms with van der Waals surface area (Å²) in [4.78, 5) is 28.4. The average molecular weight is 367 g/mol. The van der Waals surface area contributed by atoms with Gasteiger partial charge in [0.25, 0.3) is 5.91 Å². The summed E-state index contributed by atoms with van der Waals surface area (Å²) >= 11 is 0. The van der Waals surface area contributed by atoms with Crippen LogP contribution >= 0.6 is 0 Å². The molecule has 1 aliphatic heterocycles. The summed E-state index contributed by atoms with van der Waals surface area (Å²) in [6, 6.07) is 20.7. The summed E-state index contributed by atoms with van der Waals surface area (Å²) < 4.78 is 5.28. The van der Waals surface area contributed by atoms with Crippen LogP contribution in [0.4, 0.5) is 5.69 Å². The molecule has 0 saturated heterocycles. The Kier molecular flexibility index (Phi) is 3.49. The molecule has 0 aliphatic carbocycles. The summed E-state index contributed by atoms with van der Waals surface area (Å²) in [6.45, 7) is 0. The largest absolute Gasteiger partial charge is 0.497 e. The van der Waals surface area contributed by atoms with E-state index in [1.165, 1.54) is 0 Å². The van der Waals surface area contributed by atoms with Crippen LogP contribution in [0.5, 0.6) is 5.75 Å². The highest BCUT2D eigenvalue weighted by Gasteiger charge is 2.34. The summed E-state index contributed by atoms with van der Waals surface area (Å²) in [5.74, 6) is 0.283. The Morgan fingerprint density at radius 1 is 0.893 bits per heavy atom. The summed E-state index contributed by atoms with van der Waals surface area (Å²) in [5, 5.41) is 3.60. The number of ketones is 1. The molecular weight excluding hydrogens is 350 g/mol. The fourth-order valence-corrected chi connectivity index (χ4v) is 4.14. The second-order valence-electron chi connectivity index (χ2n) is 6.92. The molecule has 4 aromatic carbocycles. The molecule has 0 fully saturated rings. The maximum absolute atomic E-state index is 13.6. The predicted molar refractivity (Wildman–Crippen MR) is 111 cm³/mol. The van der Waals surface area contributed by atoms with E-state index in [9.17, 15) is 9.59 Å². The van der Waals surface area contributed by atoms with Gasteiger partial charge in [0.2, 0.25) is 0 Å². The number of fused-ring (bicyclic) bond motifs is 2. The fourth-order valence-electron chi connectivity index (χ4n) is 4.14. The minimum absolute atomic E-state index is 0.150. The molecule has 0 bridgehead atoms. The molecule has 0 saturated carbocycles. The second kappa shape index (κ2) is 5.92. The van der Waals surface area contributed by atoms with Gasteiger partial charge in [0.05, 0.1) is 18.4 Å². The summed E-state index contributed by atoms with van der Waals surface area (Å²) in [6.07, 6.45) is 0. The maximum Gasteiger partial charge on any atom is 0.259 e. The Morgan fingerprint density at radius 3 is 2.39 bits per heavy atom. The number of nitrogens with zero attached hydrogens (tertiary/aromatic N) is 1. The standard InChI is InChI=1S/C24H17NO3/c1-25-19-12-6-11-17-16-9-3-4-10-18(16)21(22(20(17)19)24(25)27)23(26)14-7-5-8-15(13-14)28-2/h3-13H,1-2H3. The Bertz CT molecular complexity index is 1310. The van der Waals surface area contributed by atoms with Gasteiger partial charge in [-0.05, 0) is 34.4 Å².